The van der Waals surface area contributed by atoms with E-state index in [-0.39, 0.29) is 24.8 Å². The van der Waals surface area contributed by atoms with Crippen molar-refractivity contribution >= 4 is 16.0 Å². The Bertz CT molecular complexity index is 694. The zero-order chi connectivity index (χ0) is 16.6. The highest BCUT2D eigenvalue weighted by Gasteiger charge is 2.41. The molecule has 0 spiro atoms. The minimum Gasteiger partial charge on any atom is -0.480 e. The predicted molar refractivity (Wildman–Crippen MR) is 82.1 cm³/mol. The molecule has 1 aliphatic heterocycles. The number of hydrogen-bond acceptors (Lipinski definition) is 5. The number of carboxylic acids is 1. The van der Waals surface area contributed by atoms with Crippen LogP contribution in [-0.4, -0.2) is 50.4 Å². The largest absolute Gasteiger partial charge is 0.480 e. The Labute approximate surface area is 135 Å². The molecule has 2 aliphatic rings. The maximum atomic E-state index is 12.8. The van der Waals surface area contributed by atoms with Crippen molar-refractivity contribution in [2.45, 2.75) is 58.2 Å². The number of rotatable bonds is 4. The first-order valence-corrected chi connectivity index (χ1v) is 9.60. The molecule has 1 saturated carbocycles. The van der Waals surface area contributed by atoms with Gasteiger partial charge in [-0.1, -0.05) is 19.3 Å². The van der Waals surface area contributed by atoms with Crippen molar-refractivity contribution in [1.82, 2.24) is 19.1 Å². The van der Waals surface area contributed by atoms with Crippen LogP contribution in [0.4, 0.5) is 0 Å². The molecule has 1 unspecified atom stereocenters. The van der Waals surface area contributed by atoms with Gasteiger partial charge >= 0.3 is 5.97 Å². The zero-order valence-electron chi connectivity index (χ0n) is 13.2. The van der Waals surface area contributed by atoms with E-state index in [1.54, 1.807) is 11.5 Å². The van der Waals surface area contributed by atoms with E-state index in [9.17, 15) is 18.3 Å². The van der Waals surface area contributed by atoms with Crippen LogP contribution in [0, 0.1) is 12.8 Å². The maximum absolute atomic E-state index is 12.8. The van der Waals surface area contributed by atoms with E-state index in [1.165, 1.54) is 0 Å². The maximum Gasteiger partial charge on any atom is 0.323 e. The van der Waals surface area contributed by atoms with Crippen LogP contribution < -0.4 is 0 Å². The minimum atomic E-state index is -3.64. The lowest BCUT2D eigenvalue weighted by molar-refractivity contribution is -0.142. The molecule has 8 nitrogen and oxygen atoms in total. The molecule has 23 heavy (non-hydrogen) atoms. The average Bonchev–Trinajstić information content (AvgIpc) is 2.87. The van der Waals surface area contributed by atoms with Crippen molar-refractivity contribution < 1.29 is 18.3 Å². The molecular formula is C14H22N4O4S. The molecule has 1 aliphatic carbocycles. The molecule has 0 amide bonds. The van der Waals surface area contributed by atoms with Crippen LogP contribution in [0.25, 0.3) is 0 Å². The summed E-state index contributed by atoms with van der Waals surface area (Å²) in [5.74, 6) is 0.146. The smallest absolute Gasteiger partial charge is 0.323 e. The van der Waals surface area contributed by atoms with Crippen molar-refractivity contribution in [3.8, 4) is 0 Å². The molecule has 1 N–H and O–H groups in total. The number of nitrogens with zero attached hydrogens (tertiary/aromatic N) is 4. The fourth-order valence-corrected chi connectivity index (χ4v) is 5.51. The number of carbonyl (C=O) groups is 1. The highest BCUT2D eigenvalue weighted by Crippen LogP contribution is 2.28. The Morgan fingerprint density at radius 3 is 2.61 bits per heavy atom. The van der Waals surface area contributed by atoms with Crippen LogP contribution in [0.15, 0.2) is 0 Å². The number of hydrogen-bond donors (Lipinski definition) is 1. The van der Waals surface area contributed by atoms with Gasteiger partial charge in [0.15, 0.2) is 0 Å². The van der Waals surface area contributed by atoms with Crippen LogP contribution in [0.3, 0.4) is 0 Å². The van der Waals surface area contributed by atoms with Crippen molar-refractivity contribution in [3.05, 3.63) is 11.6 Å². The molecule has 0 radical (unpaired) electrons. The molecule has 1 aromatic heterocycles. The van der Waals surface area contributed by atoms with Gasteiger partial charge in [0.05, 0.1) is 18.8 Å². The molecule has 128 valence electrons. The normalized spacial score (nSPS) is 23.6. The van der Waals surface area contributed by atoms with Gasteiger partial charge in [-0.2, -0.15) is 4.31 Å². The second-order valence-electron chi connectivity index (χ2n) is 6.46. The molecule has 0 aromatic carbocycles. The molecule has 3 rings (SSSR count). The molecule has 1 fully saturated rings. The lowest BCUT2D eigenvalue weighted by Crippen LogP contribution is -2.51. The third kappa shape index (κ3) is 3.25. The molecular weight excluding hydrogens is 320 g/mol. The van der Waals surface area contributed by atoms with Crippen LogP contribution in [0.2, 0.25) is 0 Å². The summed E-state index contributed by atoms with van der Waals surface area (Å²) in [6.45, 7) is 1.78. The molecule has 1 atom stereocenters. The van der Waals surface area contributed by atoms with E-state index in [1.807, 2.05) is 0 Å². The highest BCUT2D eigenvalue weighted by atomic mass is 32.2. The topological polar surface area (TPSA) is 105 Å². The Morgan fingerprint density at radius 2 is 1.96 bits per heavy atom. The number of aryl methyl sites for hydroxylation is 1. The summed E-state index contributed by atoms with van der Waals surface area (Å²) in [6, 6.07) is -1.09. The number of sulfonamides is 1. The third-order valence-electron chi connectivity index (χ3n) is 4.83. The standard InChI is InChI=1S/C14H22N4O4S/c1-10-15-16-13-8-18(12(14(19)20)7-17(10)13)23(21,22)9-11-5-3-2-4-6-11/h11-12H,2-9H2,1H3,(H,19,20). The van der Waals surface area contributed by atoms with E-state index < -0.39 is 22.0 Å². The van der Waals surface area contributed by atoms with E-state index in [2.05, 4.69) is 10.2 Å². The van der Waals surface area contributed by atoms with E-state index in [0.29, 0.717) is 11.6 Å². The summed E-state index contributed by atoms with van der Waals surface area (Å²) >= 11 is 0. The van der Waals surface area contributed by atoms with Gasteiger partial charge in [0.25, 0.3) is 0 Å². The van der Waals surface area contributed by atoms with Gasteiger partial charge in [0.2, 0.25) is 10.0 Å². The van der Waals surface area contributed by atoms with Crippen molar-refractivity contribution in [2.24, 2.45) is 5.92 Å². The van der Waals surface area contributed by atoms with Gasteiger partial charge in [-0.3, -0.25) is 4.79 Å². The van der Waals surface area contributed by atoms with E-state index in [0.717, 1.165) is 36.4 Å². The Kier molecular flexibility index (Phi) is 4.41. The molecule has 0 saturated heterocycles. The van der Waals surface area contributed by atoms with Crippen LogP contribution >= 0.6 is 0 Å². The fraction of sp³-hybridized carbons (Fsp3) is 0.786. The second kappa shape index (κ2) is 6.20. The van der Waals surface area contributed by atoms with Gasteiger partial charge in [-0.15, -0.1) is 10.2 Å². The van der Waals surface area contributed by atoms with Crippen molar-refractivity contribution in [3.63, 3.8) is 0 Å². The fourth-order valence-electron chi connectivity index (χ4n) is 3.53. The van der Waals surface area contributed by atoms with E-state index in [4.69, 9.17) is 0 Å². The number of carboxylic acid groups (broad SMARTS) is 1. The summed E-state index contributed by atoms with van der Waals surface area (Å²) < 4.78 is 28.4. The Balaban J connectivity index is 1.85. The summed E-state index contributed by atoms with van der Waals surface area (Å²) in [5, 5.41) is 17.4. The van der Waals surface area contributed by atoms with Gasteiger partial charge in [0, 0.05) is 0 Å². The van der Waals surface area contributed by atoms with Gasteiger partial charge in [0.1, 0.15) is 17.7 Å². The predicted octanol–water partition coefficient (Wildman–Crippen LogP) is 0.765. The first-order chi connectivity index (χ1) is 10.9. The number of fused-ring (bicyclic) bond motifs is 1. The molecule has 0 bridgehead atoms. The first-order valence-electron chi connectivity index (χ1n) is 7.99. The number of aromatic nitrogens is 3. The lowest BCUT2D eigenvalue weighted by atomic mass is 9.91. The molecule has 9 heteroatoms. The summed E-state index contributed by atoms with van der Waals surface area (Å²) in [5.41, 5.74) is 0. The van der Waals surface area contributed by atoms with Crippen molar-refractivity contribution in [2.75, 3.05) is 5.75 Å². The van der Waals surface area contributed by atoms with Gasteiger partial charge in [-0.05, 0) is 25.7 Å². The highest BCUT2D eigenvalue weighted by molar-refractivity contribution is 7.89. The first kappa shape index (κ1) is 16.4. The Hall–Kier alpha value is -1.48. The quantitative estimate of drug-likeness (QED) is 0.866. The second-order valence-corrected chi connectivity index (χ2v) is 8.42. The van der Waals surface area contributed by atoms with Gasteiger partial charge < -0.3 is 9.67 Å². The lowest BCUT2D eigenvalue weighted by Gasteiger charge is -2.34. The van der Waals surface area contributed by atoms with Crippen LogP contribution in [-0.2, 0) is 27.9 Å². The summed E-state index contributed by atoms with van der Waals surface area (Å²) in [7, 11) is -3.64. The number of aliphatic carboxylic acids is 1. The minimum absolute atomic E-state index is 0.0210. The third-order valence-corrected chi connectivity index (χ3v) is 6.82. The van der Waals surface area contributed by atoms with E-state index >= 15 is 0 Å². The average molecular weight is 342 g/mol. The van der Waals surface area contributed by atoms with Crippen LogP contribution in [0.5, 0.6) is 0 Å². The monoisotopic (exact) mass is 342 g/mol. The molecule has 2 heterocycles. The van der Waals surface area contributed by atoms with Crippen molar-refractivity contribution in [1.29, 1.82) is 0 Å². The Morgan fingerprint density at radius 1 is 1.26 bits per heavy atom. The SMILES string of the molecule is Cc1nnc2n1CC(C(=O)O)N(S(=O)(=O)CC1CCCCC1)C2. The summed E-state index contributed by atoms with van der Waals surface area (Å²) in [4.78, 5) is 11.6. The van der Waals surface area contributed by atoms with Crippen LogP contribution in [0.1, 0.15) is 43.8 Å². The zero-order valence-corrected chi connectivity index (χ0v) is 14.0. The van der Waals surface area contributed by atoms with Gasteiger partial charge in [-0.25, -0.2) is 8.42 Å². The summed E-state index contributed by atoms with van der Waals surface area (Å²) in [6.07, 6.45) is 5.06. The molecule has 1 aromatic rings.